The number of benzene rings is 2. The van der Waals surface area contributed by atoms with E-state index in [1.165, 1.54) is 5.56 Å². The minimum absolute atomic E-state index is 0.238. The molecule has 0 aromatic heterocycles. The second kappa shape index (κ2) is 11.7. The van der Waals surface area contributed by atoms with E-state index in [1.807, 2.05) is 36.4 Å². The predicted molar refractivity (Wildman–Crippen MR) is 104 cm³/mol. The van der Waals surface area contributed by atoms with Gasteiger partial charge >= 0.3 is 5.97 Å². The van der Waals surface area contributed by atoms with Crippen LogP contribution in [0.4, 0.5) is 0 Å². The average molecular weight is 359 g/mol. The van der Waals surface area contributed by atoms with E-state index in [0.29, 0.717) is 18.8 Å². The molecule has 0 fully saturated rings. The smallest absolute Gasteiger partial charge is 0.338 e. The summed E-state index contributed by atoms with van der Waals surface area (Å²) in [5.41, 5.74) is 1.85. The van der Waals surface area contributed by atoms with Gasteiger partial charge in [-0.3, -0.25) is 0 Å². The standard InChI is InChI=1S/C21H26O3S/c1-2-3-14-23-15-20(17-25-16-18-10-6-4-7-11-18)24-21(22)19-12-8-5-9-13-19/h4-13,20H,2-3,14-17H2,1H3. The van der Waals surface area contributed by atoms with Gasteiger partial charge in [-0.1, -0.05) is 61.9 Å². The molecule has 0 aliphatic rings. The molecule has 0 radical (unpaired) electrons. The fourth-order valence-corrected chi connectivity index (χ4v) is 3.23. The summed E-state index contributed by atoms with van der Waals surface area (Å²) in [4.78, 5) is 12.3. The number of carbonyl (C=O) groups excluding carboxylic acids is 1. The second-order valence-corrected chi connectivity index (χ2v) is 6.85. The lowest BCUT2D eigenvalue weighted by Gasteiger charge is -2.18. The van der Waals surface area contributed by atoms with Gasteiger partial charge in [-0.05, 0) is 24.1 Å². The van der Waals surface area contributed by atoms with E-state index < -0.39 is 0 Å². The lowest BCUT2D eigenvalue weighted by atomic mass is 10.2. The zero-order valence-corrected chi connectivity index (χ0v) is 15.5. The average Bonchev–Trinajstić information content (AvgIpc) is 2.66. The molecular weight excluding hydrogens is 332 g/mol. The highest BCUT2D eigenvalue weighted by Gasteiger charge is 2.16. The van der Waals surface area contributed by atoms with Crippen molar-refractivity contribution in [3.8, 4) is 0 Å². The molecule has 4 heteroatoms. The maximum Gasteiger partial charge on any atom is 0.338 e. The molecule has 0 aliphatic heterocycles. The van der Waals surface area contributed by atoms with Crippen LogP contribution in [0.1, 0.15) is 35.7 Å². The van der Waals surface area contributed by atoms with Crippen LogP contribution in [0.15, 0.2) is 60.7 Å². The summed E-state index contributed by atoms with van der Waals surface area (Å²) in [5.74, 6) is 1.33. The van der Waals surface area contributed by atoms with E-state index in [1.54, 1.807) is 23.9 Å². The molecule has 0 spiro atoms. The summed E-state index contributed by atoms with van der Waals surface area (Å²) in [5, 5.41) is 0. The Bertz CT molecular complexity index is 601. The van der Waals surface area contributed by atoms with Crippen LogP contribution in [0.2, 0.25) is 0 Å². The molecule has 25 heavy (non-hydrogen) atoms. The van der Waals surface area contributed by atoms with Crippen molar-refractivity contribution in [3.05, 3.63) is 71.8 Å². The van der Waals surface area contributed by atoms with Gasteiger partial charge in [0.15, 0.2) is 0 Å². The van der Waals surface area contributed by atoms with Crippen LogP contribution in [0, 0.1) is 0 Å². The Hall–Kier alpha value is -1.78. The number of esters is 1. The highest BCUT2D eigenvalue weighted by atomic mass is 32.2. The first-order chi connectivity index (χ1) is 12.3. The van der Waals surface area contributed by atoms with E-state index >= 15 is 0 Å². The molecular formula is C21H26O3S. The second-order valence-electron chi connectivity index (χ2n) is 5.82. The molecule has 2 aromatic rings. The zero-order valence-electron chi connectivity index (χ0n) is 14.7. The third kappa shape index (κ3) is 7.76. The topological polar surface area (TPSA) is 35.5 Å². The van der Waals surface area contributed by atoms with Gasteiger partial charge in [0.1, 0.15) is 6.10 Å². The fraction of sp³-hybridized carbons (Fsp3) is 0.381. The molecule has 0 N–H and O–H groups in total. The number of hydrogen-bond acceptors (Lipinski definition) is 4. The quantitative estimate of drug-likeness (QED) is 0.420. The highest BCUT2D eigenvalue weighted by molar-refractivity contribution is 7.98. The van der Waals surface area contributed by atoms with Crippen LogP contribution >= 0.6 is 11.8 Å². The Balaban J connectivity index is 1.84. The van der Waals surface area contributed by atoms with E-state index in [4.69, 9.17) is 9.47 Å². The summed E-state index contributed by atoms with van der Waals surface area (Å²) in [6, 6.07) is 19.4. The largest absolute Gasteiger partial charge is 0.455 e. The molecule has 0 amide bonds. The molecule has 0 saturated heterocycles. The number of ether oxygens (including phenoxy) is 2. The van der Waals surface area contributed by atoms with E-state index in [-0.39, 0.29) is 12.1 Å². The van der Waals surface area contributed by atoms with Crippen molar-refractivity contribution < 1.29 is 14.3 Å². The summed E-state index contributed by atoms with van der Waals surface area (Å²) < 4.78 is 11.4. The summed E-state index contributed by atoms with van der Waals surface area (Å²) in [6.45, 7) is 3.28. The maximum atomic E-state index is 12.3. The van der Waals surface area contributed by atoms with Crippen molar-refractivity contribution in [2.24, 2.45) is 0 Å². The van der Waals surface area contributed by atoms with Gasteiger partial charge in [0.05, 0.1) is 12.2 Å². The number of carbonyl (C=O) groups is 1. The van der Waals surface area contributed by atoms with Gasteiger partial charge in [-0.15, -0.1) is 0 Å². The van der Waals surface area contributed by atoms with Crippen molar-refractivity contribution in [2.45, 2.75) is 31.6 Å². The third-order valence-corrected chi connectivity index (χ3v) is 4.79. The summed E-state index contributed by atoms with van der Waals surface area (Å²) in [6.07, 6.45) is 1.88. The Morgan fingerprint density at radius 3 is 2.40 bits per heavy atom. The van der Waals surface area contributed by atoms with Gasteiger partial charge in [-0.2, -0.15) is 11.8 Å². The Labute approximate surface area is 154 Å². The van der Waals surface area contributed by atoms with Gasteiger partial charge in [0, 0.05) is 18.1 Å². The predicted octanol–water partition coefficient (Wildman–Crippen LogP) is 4.96. The fourth-order valence-electron chi connectivity index (χ4n) is 2.25. The van der Waals surface area contributed by atoms with Crippen molar-refractivity contribution in [1.82, 2.24) is 0 Å². The van der Waals surface area contributed by atoms with Gasteiger partial charge < -0.3 is 9.47 Å². The normalized spacial score (nSPS) is 11.9. The molecule has 2 aromatic carbocycles. The minimum atomic E-state index is -0.287. The van der Waals surface area contributed by atoms with Crippen molar-refractivity contribution in [2.75, 3.05) is 19.0 Å². The number of unbranched alkanes of at least 4 members (excludes halogenated alkanes) is 1. The SMILES string of the molecule is CCCCOCC(CSCc1ccccc1)OC(=O)c1ccccc1. The molecule has 0 bridgehead atoms. The molecule has 0 saturated carbocycles. The van der Waals surface area contributed by atoms with Crippen LogP contribution in [0.3, 0.4) is 0 Å². The van der Waals surface area contributed by atoms with Crippen LogP contribution in [-0.4, -0.2) is 31.0 Å². The lowest BCUT2D eigenvalue weighted by molar-refractivity contribution is 0.00324. The molecule has 1 unspecified atom stereocenters. The van der Waals surface area contributed by atoms with Crippen LogP contribution < -0.4 is 0 Å². The first-order valence-electron chi connectivity index (χ1n) is 8.75. The van der Waals surface area contributed by atoms with Crippen LogP contribution in [0.5, 0.6) is 0 Å². The zero-order chi connectivity index (χ0) is 17.7. The molecule has 2 rings (SSSR count). The molecule has 3 nitrogen and oxygen atoms in total. The number of rotatable bonds is 11. The summed E-state index contributed by atoms with van der Waals surface area (Å²) >= 11 is 1.76. The highest BCUT2D eigenvalue weighted by Crippen LogP contribution is 2.15. The van der Waals surface area contributed by atoms with Gasteiger partial charge in [0.2, 0.25) is 0 Å². The first kappa shape index (κ1) is 19.5. The number of hydrogen-bond donors (Lipinski definition) is 0. The maximum absolute atomic E-state index is 12.3. The molecule has 0 aliphatic carbocycles. The Morgan fingerprint density at radius 1 is 1.04 bits per heavy atom. The van der Waals surface area contributed by atoms with Crippen molar-refractivity contribution in [3.63, 3.8) is 0 Å². The Kier molecular flexibility index (Phi) is 9.16. The van der Waals surface area contributed by atoms with Crippen molar-refractivity contribution >= 4 is 17.7 Å². The van der Waals surface area contributed by atoms with Crippen molar-refractivity contribution in [1.29, 1.82) is 0 Å². The van der Waals surface area contributed by atoms with Crippen LogP contribution in [0.25, 0.3) is 0 Å². The van der Waals surface area contributed by atoms with Gasteiger partial charge in [0.25, 0.3) is 0 Å². The van der Waals surface area contributed by atoms with Gasteiger partial charge in [-0.25, -0.2) is 4.79 Å². The van der Waals surface area contributed by atoms with E-state index in [9.17, 15) is 4.79 Å². The summed E-state index contributed by atoms with van der Waals surface area (Å²) in [7, 11) is 0. The third-order valence-electron chi connectivity index (χ3n) is 3.64. The number of thioether (sulfide) groups is 1. The van der Waals surface area contributed by atoms with Crippen LogP contribution in [-0.2, 0) is 15.2 Å². The Morgan fingerprint density at radius 2 is 1.72 bits per heavy atom. The van der Waals surface area contributed by atoms with E-state index in [0.717, 1.165) is 24.3 Å². The minimum Gasteiger partial charge on any atom is -0.455 e. The lowest BCUT2D eigenvalue weighted by Crippen LogP contribution is -2.26. The van der Waals surface area contributed by atoms with E-state index in [2.05, 4.69) is 19.1 Å². The monoisotopic (exact) mass is 358 g/mol. The first-order valence-corrected chi connectivity index (χ1v) is 9.90. The molecule has 0 heterocycles. The molecule has 134 valence electrons. The molecule has 1 atom stereocenters.